The minimum atomic E-state index is -0.139. The molecule has 0 fully saturated rings. The number of hydrogen-bond acceptors (Lipinski definition) is 3. The lowest BCUT2D eigenvalue weighted by atomic mass is 10.2. The fraction of sp³-hybridized carbons (Fsp3) is 0.238. The van der Waals surface area contributed by atoms with Crippen molar-refractivity contribution in [2.75, 3.05) is 11.9 Å². The molecule has 1 aliphatic carbocycles. The number of amides is 1. The molecule has 5 nitrogen and oxygen atoms in total. The van der Waals surface area contributed by atoms with Crippen molar-refractivity contribution in [3.05, 3.63) is 71.4 Å². The van der Waals surface area contributed by atoms with Crippen molar-refractivity contribution in [2.24, 2.45) is 0 Å². The molecule has 0 aliphatic heterocycles. The van der Waals surface area contributed by atoms with Gasteiger partial charge in [0, 0.05) is 11.1 Å². The Morgan fingerprint density at radius 2 is 1.88 bits per heavy atom. The van der Waals surface area contributed by atoms with Crippen molar-refractivity contribution in [1.29, 1.82) is 0 Å². The molecule has 0 bridgehead atoms. The molecule has 1 heterocycles. The lowest BCUT2D eigenvalue weighted by molar-refractivity contribution is 0.102. The minimum Gasteiger partial charge on any atom is -0.494 e. The number of hydrogen-bond donors (Lipinski definition) is 1. The molecule has 0 radical (unpaired) electrons. The average Bonchev–Trinajstić information content (AvgIpc) is 3.26. The van der Waals surface area contributed by atoms with Crippen LogP contribution in [-0.4, -0.2) is 22.3 Å². The number of carbonyl (C=O) groups excluding carboxylic acids is 1. The Labute approximate surface area is 152 Å². The highest BCUT2D eigenvalue weighted by molar-refractivity contribution is 6.04. The molecule has 1 amide bonds. The van der Waals surface area contributed by atoms with Crippen molar-refractivity contribution in [1.82, 2.24) is 9.78 Å². The summed E-state index contributed by atoms with van der Waals surface area (Å²) >= 11 is 0. The van der Waals surface area contributed by atoms with Gasteiger partial charge in [0.05, 0.1) is 18.0 Å². The Morgan fingerprint density at radius 1 is 1.12 bits per heavy atom. The second kappa shape index (κ2) is 7.04. The van der Waals surface area contributed by atoms with Crippen LogP contribution in [0.15, 0.2) is 54.6 Å². The average molecular weight is 347 g/mol. The van der Waals surface area contributed by atoms with Gasteiger partial charge in [-0.15, -0.1) is 0 Å². The molecule has 1 N–H and O–H groups in total. The Kier molecular flexibility index (Phi) is 4.44. The molecule has 1 aliphatic rings. The van der Waals surface area contributed by atoms with E-state index in [0.717, 1.165) is 47.8 Å². The Balaban J connectivity index is 1.64. The number of ether oxygens (including phenoxy) is 1. The van der Waals surface area contributed by atoms with Crippen LogP contribution in [0, 0.1) is 0 Å². The highest BCUT2D eigenvalue weighted by Gasteiger charge is 2.24. The van der Waals surface area contributed by atoms with E-state index in [2.05, 4.69) is 5.32 Å². The summed E-state index contributed by atoms with van der Waals surface area (Å²) in [5, 5.41) is 7.81. The third-order valence-electron chi connectivity index (χ3n) is 4.57. The number of aryl methyl sites for hydroxylation is 1. The van der Waals surface area contributed by atoms with E-state index in [1.165, 1.54) is 0 Å². The van der Waals surface area contributed by atoms with Crippen molar-refractivity contribution >= 4 is 11.7 Å². The highest BCUT2D eigenvalue weighted by Crippen LogP contribution is 2.31. The summed E-state index contributed by atoms with van der Waals surface area (Å²) in [7, 11) is 0. The Morgan fingerprint density at radius 3 is 2.62 bits per heavy atom. The van der Waals surface area contributed by atoms with Crippen molar-refractivity contribution < 1.29 is 9.53 Å². The number of carbonyl (C=O) groups is 1. The molecule has 4 rings (SSSR count). The van der Waals surface area contributed by atoms with Crippen LogP contribution in [0.5, 0.6) is 5.75 Å². The number of nitrogens with zero attached hydrogens (tertiary/aromatic N) is 2. The van der Waals surface area contributed by atoms with Gasteiger partial charge >= 0.3 is 0 Å². The lowest BCUT2D eigenvalue weighted by Gasteiger charge is -2.11. The van der Waals surface area contributed by atoms with Gasteiger partial charge in [-0.25, -0.2) is 4.68 Å². The van der Waals surface area contributed by atoms with Gasteiger partial charge in [0.1, 0.15) is 11.6 Å². The van der Waals surface area contributed by atoms with Crippen molar-refractivity contribution in [2.45, 2.75) is 26.2 Å². The van der Waals surface area contributed by atoms with Gasteiger partial charge in [-0.2, -0.15) is 5.10 Å². The molecule has 2 aromatic carbocycles. The van der Waals surface area contributed by atoms with E-state index in [0.29, 0.717) is 12.2 Å². The second-order valence-corrected chi connectivity index (χ2v) is 6.29. The van der Waals surface area contributed by atoms with E-state index in [-0.39, 0.29) is 5.91 Å². The van der Waals surface area contributed by atoms with Gasteiger partial charge in [-0.05, 0) is 62.6 Å². The predicted octanol–water partition coefficient (Wildman–Crippen LogP) is 4.01. The van der Waals surface area contributed by atoms with Crippen LogP contribution < -0.4 is 10.1 Å². The van der Waals surface area contributed by atoms with Gasteiger partial charge in [0.25, 0.3) is 5.91 Å². The molecule has 1 aromatic heterocycles. The number of rotatable bonds is 5. The first-order valence-corrected chi connectivity index (χ1v) is 8.96. The van der Waals surface area contributed by atoms with Crippen LogP contribution in [0.2, 0.25) is 0 Å². The fourth-order valence-electron chi connectivity index (χ4n) is 3.33. The fourth-order valence-corrected chi connectivity index (χ4v) is 3.33. The first kappa shape index (κ1) is 16.4. The van der Waals surface area contributed by atoms with E-state index in [1.807, 2.05) is 54.1 Å². The third-order valence-corrected chi connectivity index (χ3v) is 4.57. The molecule has 0 spiro atoms. The zero-order chi connectivity index (χ0) is 17.9. The van der Waals surface area contributed by atoms with Gasteiger partial charge in [0.2, 0.25) is 0 Å². The topological polar surface area (TPSA) is 56.1 Å². The molecule has 0 unspecified atom stereocenters. The summed E-state index contributed by atoms with van der Waals surface area (Å²) in [5.41, 5.74) is 3.77. The molecule has 0 saturated carbocycles. The first-order chi connectivity index (χ1) is 12.8. The monoisotopic (exact) mass is 347 g/mol. The quantitative estimate of drug-likeness (QED) is 0.759. The zero-order valence-electron chi connectivity index (χ0n) is 14.7. The number of fused-ring (bicyclic) bond motifs is 1. The minimum absolute atomic E-state index is 0.139. The summed E-state index contributed by atoms with van der Waals surface area (Å²) in [6.07, 6.45) is 2.99. The van der Waals surface area contributed by atoms with Gasteiger partial charge in [-0.3, -0.25) is 4.79 Å². The summed E-state index contributed by atoms with van der Waals surface area (Å²) in [4.78, 5) is 12.8. The van der Waals surface area contributed by atoms with Crippen molar-refractivity contribution in [3.63, 3.8) is 0 Å². The lowest BCUT2D eigenvalue weighted by Crippen LogP contribution is -2.16. The van der Waals surface area contributed by atoms with E-state index >= 15 is 0 Å². The van der Waals surface area contributed by atoms with Gasteiger partial charge in [-0.1, -0.05) is 18.2 Å². The predicted molar refractivity (Wildman–Crippen MR) is 101 cm³/mol. The van der Waals surface area contributed by atoms with Gasteiger partial charge < -0.3 is 10.1 Å². The number of para-hydroxylation sites is 1. The largest absolute Gasteiger partial charge is 0.494 e. The van der Waals surface area contributed by atoms with Crippen LogP contribution in [-0.2, 0) is 12.8 Å². The first-order valence-electron chi connectivity index (χ1n) is 8.96. The normalized spacial score (nSPS) is 12.7. The van der Waals surface area contributed by atoms with E-state index < -0.39 is 0 Å². The smallest absolute Gasteiger partial charge is 0.256 e. The summed E-state index contributed by atoms with van der Waals surface area (Å²) < 4.78 is 7.28. The summed E-state index contributed by atoms with van der Waals surface area (Å²) in [6.45, 7) is 2.54. The van der Waals surface area contributed by atoms with Gasteiger partial charge in [0.15, 0.2) is 0 Å². The molecular weight excluding hydrogens is 326 g/mol. The van der Waals surface area contributed by atoms with Crippen molar-refractivity contribution in [3.8, 4) is 11.4 Å². The van der Waals surface area contributed by atoms with Crippen LogP contribution in [0.4, 0.5) is 5.82 Å². The number of anilines is 1. The number of nitrogens with one attached hydrogen (secondary N) is 1. The highest BCUT2D eigenvalue weighted by atomic mass is 16.5. The second-order valence-electron chi connectivity index (χ2n) is 6.29. The molecule has 5 heteroatoms. The molecule has 3 aromatic rings. The van der Waals surface area contributed by atoms with Crippen LogP contribution in [0.25, 0.3) is 5.69 Å². The molecule has 0 atom stereocenters. The molecule has 0 saturated heterocycles. The standard InChI is InChI=1S/C21H21N3O2/c1-2-26-17-13-11-15(12-14-17)21(25)22-20-18-9-6-10-19(18)23-24(20)16-7-4-3-5-8-16/h3-5,7-8,11-14H,2,6,9-10H2,1H3,(H,22,25). The maximum atomic E-state index is 12.8. The maximum Gasteiger partial charge on any atom is 0.256 e. The van der Waals surface area contributed by atoms with E-state index in [1.54, 1.807) is 12.1 Å². The number of aromatic nitrogens is 2. The maximum absolute atomic E-state index is 12.8. The Hall–Kier alpha value is -3.08. The molecule has 26 heavy (non-hydrogen) atoms. The van der Waals surface area contributed by atoms with E-state index in [9.17, 15) is 4.79 Å². The molecular formula is C21H21N3O2. The number of benzene rings is 2. The third kappa shape index (κ3) is 3.08. The SMILES string of the molecule is CCOc1ccc(C(=O)Nc2c3c(nn2-c2ccccc2)CCC3)cc1. The zero-order valence-corrected chi connectivity index (χ0v) is 14.7. The molecule has 132 valence electrons. The van der Waals surface area contributed by atoms with E-state index in [4.69, 9.17) is 9.84 Å². The van der Waals surface area contributed by atoms with Crippen LogP contribution in [0.3, 0.4) is 0 Å². The summed E-state index contributed by atoms with van der Waals surface area (Å²) in [5.74, 6) is 1.40. The van der Waals surface area contributed by atoms with Crippen LogP contribution >= 0.6 is 0 Å². The summed E-state index contributed by atoms with van der Waals surface area (Å²) in [6, 6.07) is 17.1. The Bertz CT molecular complexity index is 914. The van der Waals surface area contributed by atoms with Crippen LogP contribution in [0.1, 0.15) is 35.0 Å².